The Morgan fingerprint density at radius 2 is 1.87 bits per heavy atom. The fourth-order valence-electron chi connectivity index (χ4n) is 3.37. The number of Topliss-reactive ketones (excluding diaryl/α,β-unsaturated/α-hetero) is 1. The van der Waals surface area contributed by atoms with E-state index in [1.54, 1.807) is 12.1 Å². The van der Waals surface area contributed by atoms with Crippen LogP contribution in [0.2, 0.25) is 0 Å². The molecule has 4 nitrogen and oxygen atoms in total. The summed E-state index contributed by atoms with van der Waals surface area (Å²) < 4.78 is 6.97. The van der Waals surface area contributed by atoms with Crippen molar-refractivity contribution in [3.8, 4) is 0 Å². The van der Waals surface area contributed by atoms with E-state index in [0.717, 1.165) is 47.5 Å². The molecule has 0 N–H and O–H groups in total. The van der Waals surface area contributed by atoms with Crippen LogP contribution in [0.1, 0.15) is 56.1 Å². The van der Waals surface area contributed by atoms with E-state index in [1.807, 2.05) is 19.1 Å². The molecule has 1 aliphatic rings. The summed E-state index contributed by atoms with van der Waals surface area (Å²) >= 11 is 0. The lowest BCUT2D eigenvalue weighted by molar-refractivity contribution is 0.0600. The maximum absolute atomic E-state index is 12.2. The number of fused-ring (bicyclic) bond motifs is 1. The molecule has 0 fully saturated rings. The summed E-state index contributed by atoms with van der Waals surface area (Å²) in [6, 6.07) is 7.45. The normalized spacial score (nSPS) is 13.8. The monoisotopic (exact) mass is 311 g/mol. The van der Waals surface area contributed by atoms with Crippen LogP contribution in [0.4, 0.5) is 0 Å². The van der Waals surface area contributed by atoms with Crippen molar-refractivity contribution in [1.82, 2.24) is 4.57 Å². The van der Waals surface area contributed by atoms with Gasteiger partial charge in [-0.2, -0.15) is 0 Å². The summed E-state index contributed by atoms with van der Waals surface area (Å²) in [5, 5.41) is 0. The minimum Gasteiger partial charge on any atom is -0.465 e. The van der Waals surface area contributed by atoms with E-state index in [-0.39, 0.29) is 11.8 Å². The molecule has 2 aromatic rings. The van der Waals surface area contributed by atoms with Crippen LogP contribution in [0.3, 0.4) is 0 Å². The predicted octanol–water partition coefficient (Wildman–Crippen LogP) is 3.46. The molecular weight excluding hydrogens is 290 g/mol. The molecule has 23 heavy (non-hydrogen) atoms. The van der Waals surface area contributed by atoms with Crippen LogP contribution < -0.4 is 0 Å². The van der Waals surface area contributed by atoms with Gasteiger partial charge in [0, 0.05) is 29.9 Å². The fraction of sp³-hybridized carbons (Fsp3) is 0.368. The zero-order chi connectivity index (χ0) is 16.6. The van der Waals surface area contributed by atoms with Crippen molar-refractivity contribution in [2.45, 2.75) is 39.7 Å². The van der Waals surface area contributed by atoms with E-state index in [9.17, 15) is 9.59 Å². The molecule has 0 saturated heterocycles. The number of nitrogens with zero attached hydrogens (tertiary/aromatic N) is 1. The Balaban J connectivity index is 1.93. The Bertz CT molecular complexity index is 769. The van der Waals surface area contributed by atoms with Gasteiger partial charge in [0.25, 0.3) is 0 Å². The van der Waals surface area contributed by atoms with E-state index < -0.39 is 0 Å². The number of ketones is 1. The average molecular weight is 311 g/mol. The quantitative estimate of drug-likeness (QED) is 0.816. The minimum absolute atomic E-state index is 0.270. The number of aromatic nitrogens is 1. The molecule has 1 aliphatic carbocycles. The second-order valence-corrected chi connectivity index (χ2v) is 6.08. The number of carbonyl (C=O) groups is 2. The molecule has 0 radical (unpaired) electrons. The molecule has 3 rings (SSSR count). The molecule has 0 bridgehead atoms. The van der Waals surface area contributed by atoms with Gasteiger partial charge in [0.2, 0.25) is 0 Å². The summed E-state index contributed by atoms with van der Waals surface area (Å²) in [7, 11) is 1.38. The predicted molar refractivity (Wildman–Crippen MR) is 88.1 cm³/mol. The second kappa shape index (κ2) is 6.03. The van der Waals surface area contributed by atoms with Crippen molar-refractivity contribution in [3.63, 3.8) is 0 Å². The number of esters is 1. The number of hydrogen-bond donors (Lipinski definition) is 0. The molecule has 0 amide bonds. The number of carbonyl (C=O) groups excluding carboxylic acids is 2. The Labute approximate surface area is 136 Å². The highest BCUT2D eigenvalue weighted by Crippen LogP contribution is 2.30. The summed E-state index contributed by atoms with van der Waals surface area (Å²) in [4.78, 5) is 23.7. The first kappa shape index (κ1) is 15.5. The van der Waals surface area contributed by atoms with Crippen LogP contribution in [0.15, 0.2) is 24.3 Å². The summed E-state index contributed by atoms with van der Waals surface area (Å²) in [6.45, 7) is 4.83. The Kier molecular flexibility index (Phi) is 4.07. The Morgan fingerprint density at radius 3 is 2.52 bits per heavy atom. The van der Waals surface area contributed by atoms with Crippen LogP contribution in [0, 0.1) is 13.8 Å². The fourth-order valence-corrected chi connectivity index (χ4v) is 3.37. The van der Waals surface area contributed by atoms with Gasteiger partial charge in [0.05, 0.1) is 12.7 Å². The van der Waals surface area contributed by atoms with E-state index in [0.29, 0.717) is 12.0 Å². The topological polar surface area (TPSA) is 48.3 Å². The lowest BCUT2D eigenvalue weighted by atomic mass is 9.94. The minimum atomic E-state index is -0.326. The van der Waals surface area contributed by atoms with Gasteiger partial charge >= 0.3 is 5.97 Å². The zero-order valence-electron chi connectivity index (χ0n) is 13.8. The highest BCUT2D eigenvalue weighted by molar-refractivity contribution is 6.00. The van der Waals surface area contributed by atoms with Crippen molar-refractivity contribution in [1.29, 1.82) is 0 Å². The summed E-state index contributed by atoms with van der Waals surface area (Å²) in [5.74, 6) is -0.0563. The van der Waals surface area contributed by atoms with Gasteiger partial charge in [-0.1, -0.05) is 12.1 Å². The second-order valence-electron chi connectivity index (χ2n) is 6.08. The van der Waals surface area contributed by atoms with Gasteiger partial charge in [-0.3, -0.25) is 4.79 Å². The smallest absolute Gasteiger partial charge is 0.337 e. The maximum Gasteiger partial charge on any atom is 0.337 e. The number of methoxy groups -OCH3 is 1. The van der Waals surface area contributed by atoms with Crippen LogP contribution in [0.25, 0.3) is 0 Å². The molecule has 0 aliphatic heterocycles. The Hall–Kier alpha value is -2.36. The van der Waals surface area contributed by atoms with Crippen LogP contribution >= 0.6 is 0 Å². The zero-order valence-corrected chi connectivity index (χ0v) is 13.8. The molecule has 1 heterocycles. The van der Waals surface area contributed by atoms with Crippen molar-refractivity contribution >= 4 is 11.8 Å². The first-order chi connectivity index (χ1) is 11.0. The van der Waals surface area contributed by atoms with Gasteiger partial charge in [-0.25, -0.2) is 4.79 Å². The van der Waals surface area contributed by atoms with Gasteiger partial charge in [-0.15, -0.1) is 0 Å². The third-order valence-electron chi connectivity index (χ3n) is 4.75. The number of ether oxygens (including phenoxy) is 1. The summed E-state index contributed by atoms with van der Waals surface area (Å²) in [5.41, 5.74) is 6.01. The van der Waals surface area contributed by atoms with Gasteiger partial charge < -0.3 is 9.30 Å². The van der Waals surface area contributed by atoms with Crippen molar-refractivity contribution in [2.75, 3.05) is 7.11 Å². The first-order valence-electron chi connectivity index (χ1n) is 7.92. The lowest BCUT2D eigenvalue weighted by Gasteiger charge is -2.16. The maximum atomic E-state index is 12.2. The molecule has 1 aromatic carbocycles. The average Bonchev–Trinajstić information content (AvgIpc) is 2.81. The first-order valence-corrected chi connectivity index (χ1v) is 7.92. The molecule has 4 heteroatoms. The molecular formula is C19H21NO3. The molecule has 120 valence electrons. The SMILES string of the molecule is COC(=O)c1ccc(Cn2c(C)c(C)c3c2CCCC3=O)cc1. The van der Waals surface area contributed by atoms with Crippen LogP contribution in [-0.2, 0) is 17.7 Å². The molecule has 0 spiro atoms. The number of benzene rings is 1. The van der Waals surface area contributed by atoms with Crippen molar-refractivity contribution in [3.05, 3.63) is 57.9 Å². The highest BCUT2D eigenvalue weighted by atomic mass is 16.5. The van der Waals surface area contributed by atoms with E-state index in [4.69, 9.17) is 4.74 Å². The largest absolute Gasteiger partial charge is 0.465 e. The standard InChI is InChI=1S/C19H21NO3/c1-12-13(2)20(16-5-4-6-17(21)18(12)16)11-14-7-9-15(10-8-14)19(22)23-3/h7-10H,4-6,11H2,1-3H3. The van der Waals surface area contributed by atoms with Crippen LogP contribution in [-0.4, -0.2) is 23.4 Å². The molecule has 0 atom stereocenters. The third-order valence-corrected chi connectivity index (χ3v) is 4.75. The number of hydrogen-bond acceptors (Lipinski definition) is 3. The number of rotatable bonds is 3. The van der Waals surface area contributed by atoms with E-state index in [1.165, 1.54) is 7.11 Å². The van der Waals surface area contributed by atoms with E-state index >= 15 is 0 Å². The molecule has 1 aromatic heterocycles. The van der Waals surface area contributed by atoms with E-state index in [2.05, 4.69) is 11.5 Å². The lowest BCUT2D eigenvalue weighted by Crippen LogP contribution is -2.14. The van der Waals surface area contributed by atoms with Crippen molar-refractivity contribution < 1.29 is 14.3 Å². The van der Waals surface area contributed by atoms with Gasteiger partial charge in [0.15, 0.2) is 5.78 Å². The summed E-state index contributed by atoms with van der Waals surface area (Å²) in [6.07, 6.45) is 2.54. The third kappa shape index (κ3) is 2.69. The molecule has 0 saturated carbocycles. The highest BCUT2D eigenvalue weighted by Gasteiger charge is 2.25. The van der Waals surface area contributed by atoms with Crippen molar-refractivity contribution in [2.24, 2.45) is 0 Å². The van der Waals surface area contributed by atoms with Gasteiger partial charge in [-0.05, 0) is 49.9 Å². The Morgan fingerprint density at radius 1 is 1.17 bits per heavy atom. The van der Waals surface area contributed by atoms with Gasteiger partial charge in [0.1, 0.15) is 0 Å². The molecule has 0 unspecified atom stereocenters. The van der Waals surface area contributed by atoms with Crippen LogP contribution in [0.5, 0.6) is 0 Å².